The number of nitrogens with one attached hydrogen (secondary N) is 1. The van der Waals surface area contributed by atoms with Gasteiger partial charge >= 0.3 is 0 Å². The molecule has 4 nitrogen and oxygen atoms in total. The fourth-order valence-electron chi connectivity index (χ4n) is 2.05. The molecule has 0 saturated heterocycles. The Kier molecular flexibility index (Phi) is 4.14. The highest BCUT2D eigenvalue weighted by atomic mass is 32.1. The van der Waals surface area contributed by atoms with Crippen molar-refractivity contribution in [1.29, 1.82) is 0 Å². The van der Waals surface area contributed by atoms with Crippen LogP contribution in [-0.2, 0) is 6.54 Å². The first kappa shape index (κ1) is 13.2. The molecule has 0 fully saturated rings. The van der Waals surface area contributed by atoms with Crippen LogP contribution in [0.1, 0.15) is 40.4 Å². The molecule has 2 heterocycles. The Bertz CT molecular complexity index is 495. The van der Waals surface area contributed by atoms with Gasteiger partial charge in [-0.05, 0) is 38.9 Å². The Labute approximate surface area is 112 Å². The van der Waals surface area contributed by atoms with Gasteiger partial charge in [0.1, 0.15) is 0 Å². The van der Waals surface area contributed by atoms with Crippen LogP contribution in [0.2, 0.25) is 0 Å². The van der Waals surface area contributed by atoms with Crippen LogP contribution in [0, 0.1) is 13.8 Å². The van der Waals surface area contributed by atoms with Gasteiger partial charge in [-0.2, -0.15) is 0 Å². The molecule has 0 bridgehead atoms. The molecule has 0 amide bonds. The lowest BCUT2D eigenvalue weighted by Gasteiger charge is -2.15. The quantitative estimate of drug-likeness (QED) is 0.903. The molecule has 0 aliphatic rings. The second-order valence-corrected chi connectivity index (χ2v) is 5.78. The molecular weight excluding hydrogens is 244 g/mol. The average Bonchev–Trinajstić information content (AvgIpc) is 2.90. The molecule has 0 aromatic carbocycles. The topological polar surface area (TPSA) is 42.7 Å². The Hall–Kier alpha value is -1.20. The summed E-state index contributed by atoms with van der Waals surface area (Å²) in [7, 11) is 1.98. The molecule has 18 heavy (non-hydrogen) atoms. The van der Waals surface area contributed by atoms with Gasteiger partial charge in [-0.3, -0.25) is 0 Å². The number of aromatic nitrogens is 3. The minimum absolute atomic E-state index is 0.184. The van der Waals surface area contributed by atoms with E-state index in [9.17, 15) is 0 Å². The maximum absolute atomic E-state index is 4.16. The third-order valence-corrected chi connectivity index (χ3v) is 4.35. The lowest BCUT2D eigenvalue weighted by molar-refractivity contribution is 0.526. The summed E-state index contributed by atoms with van der Waals surface area (Å²) in [6.07, 6.45) is 2.93. The molecule has 2 aromatic rings. The molecule has 0 aliphatic heterocycles. The van der Waals surface area contributed by atoms with Crippen molar-refractivity contribution in [3.05, 3.63) is 33.3 Å². The highest BCUT2D eigenvalue weighted by molar-refractivity contribution is 7.12. The summed E-state index contributed by atoms with van der Waals surface area (Å²) < 4.78 is 1.99. The summed E-state index contributed by atoms with van der Waals surface area (Å²) in [5.74, 6) is 0. The first-order valence-electron chi connectivity index (χ1n) is 6.30. The van der Waals surface area contributed by atoms with Gasteiger partial charge in [-0.25, -0.2) is 4.68 Å². The lowest BCUT2D eigenvalue weighted by atomic mass is 10.1. The van der Waals surface area contributed by atoms with Crippen LogP contribution in [0.15, 0.2) is 12.3 Å². The van der Waals surface area contributed by atoms with E-state index in [2.05, 4.69) is 42.5 Å². The second-order valence-electron chi connectivity index (χ2n) is 4.49. The molecule has 0 spiro atoms. The van der Waals surface area contributed by atoms with E-state index in [0.717, 1.165) is 18.7 Å². The van der Waals surface area contributed by atoms with Crippen molar-refractivity contribution < 1.29 is 0 Å². The van der Waals surface area contributed by atoms with Gasteiger partial charge < -0.3 is 5.32 Å². The van der Waals surface area contributed by atoms with Gasteiger partial charge in [-0.1, -0.05) is 12.1 Å². The first-order chi connectivity index (χ1) is 8.67. The largest absolute Gasteiger partial charge is 0.307 e. The van der Waals surface area contributed by atoms with Crippen molar-refractivity contribution in [3.8, 4) is 0 Å². The number of aryl methyl sites for hydroxylation is 3. The van der Waals surface area contributed by atoms with E-state index in [4.69, 9.17) is 0 Å². The minimum atomic E-state index is 0.184. The highest BCUT2D eigenvalue weighted by Crippen LogP contribution is 2.30. The first-order valence-corrected chi connectivity index (χ1v) is 7.11. The molecular formula is C13H20N4S. The number of hydrogen-bond acceptors (Lipinski definition) is 4. The summed E-state index contributed by atoms with van der Waals surface area (Å²) in [5.41, 5.74) is 2.49. The number of nitrogens with zero attached hydrogens (tertiary/aromatic N) is 3. The molecule has 1 atom stereocenters. The van der Waals surface area contributed by atoms with E-state index < -0.39 is 0 Å². The maximum Gasteiger partial charge on any atom is 0.0856 e. The predicted octanol–water partition coefficient (Wildman–Crippen LogP) is 2.68. The molecule has 0 aliphatic carbocycles. The van der Waals surface area contributed by atoms with E-state index in [1.54, 1.807) is 0 Å². The summed E-state index contributed by atoms with van der Waals surface area (Å²) >= 11 is 1.84. The van der Waals surface area contributed by atoms with Crippen LogP contribution in [0.25, 0.3) is 0 Å². The molecule has 1 N–H and O–H groups in total. The number of rotatable bonds is 5. The van der Waals surface area contributed by atoms with Crippen LogP contribution in [0.5, 0.6) is 0 Å². The zero-order chi connectivity index (χ0) is 13.1. The van der Waals surface area contributed by atoms with Gasteiger partial charge in [-0.15, -0.1) is 16.4 Å². The smallest absolute Gasteiger partial charge is 0.0856 e. The third-order valence-electron chi connectivity index (χ3n) is 3.14. The van der Waals surface area contributed by atoms with Crippen molar-refractivity contribution in [2.24, 2.45) is 0 Å². The van der Waals surface area contributed by atoms with Crippen LogP contribution < -0.4 is 5.32 Å². The monoisotopic (exact) mass is 264 g/mol. The van der Waals surface area contributed by atoms with Crippen molar-refractivity contribution in [1.82, 2.24) is 20.3 Å². The number of thiophene rings is 1. The standard InChI is InChI=1S/C13H20N4S/c1-5-6-17-11(8-15-16-17)13(14-4)12-7-9(2)10(3)18-12/h7-8,13-14H,5-6H2,1-4H3. The Morgan fingerprint density at radius 3 is 2.78 bits per heavy atom. The summed E-state index contributed by atoms with van der Waals surface area (Å²) in [5, 5.41) is 11.6. The summed E-state index contributed by atoms with van der Waals surface area (Å²) in [6, 6.07) is 2.44. The molecule has 5 heteroatoms. The predicted molar refractivity (Wildman–Crippen MR) is 75.0 cm³/mol. The van der Waals surface area contributed by atoms with Crippen LogP contribution >= 0.6 is 11.3 Å². The fourth-order valence-corrected chi connectivity index (χ4v) is 3.22. The number of hydrogen-bond donors (Lipinski definition) is 1. The Balaban J connectivity index is 2.35. The van der Waals surface area contributed by atoms with Gasteiger partial charge in [0.2, 0.25) is 0 Å². The minimum Gasteiger partial charge on any atom is -0.307 e. The molecule has 0 saturated carbocycles. The summed E-state index contributed by atoms with van der Waals surface area (Å²) in [4.78, 5) is 2.70. The molecule has 98 valence electrons. The van der Waals surface area contributed by atoms with Gasteiger partial charge in [0.15, 0.2) is 0 Å². The van der Waals surface area contributed by atoms with E-state index >= 15 is 0 Å². The van der Waals surface area contributed by atoms with Crippen LogP contribution in [0.3, 0.4) is 0 Å². The second kappa shape index (κ2) is 5.63. The average molecular weight is 264 g/mol. The van der Waals surface area contributed by atoms with E-state index in [1.165, 1.54) is 15.3 Å². The van der Waals surface area contributed by atoms with E-state index in [1.807, 2.05) is 29.3 Å². The van der Waals surface area contributed by atoms with Crippen molar-refractivity contribution in [2.75, 3.05) is 7.05 Å². The zero-order valence-corrected chi connectivity index (χ0v) is 12.2. The van der Waals surface area contributed by atoms with E-state index in [-0.39, 0.29) is 6.04 Å². The molecule has 2 aromatic heterocycles. The SMILES string of the molecule is CCCn1nncc1C(NC)c1cc(C)c(C)s1. The molecule has 0 radical (unpaired) electrons. The summed E-state index contributed by atoms with van der Waals surface area (Å²) in [6.45, 7) is 7.39. The lowest BCUT2D eigenvalue weighted by Crippen LogP contribution is -2.20. The highest BCUT2D eigenvalue weighted by Gasteiger charge is 2.19. The Morgan fingerprint density at radius 2 is 2.22 bits per heavy atom. The molecule has 1 unspecified atom stereocenters. The van der Waals surface area contributed by atoms with Crippen molar-refractivity contribution in [2.45, 2.75) is 39.8 Å². The zero-order valence-electron chi connectivity index (χ0n) is 11.4. The van der Waals surface area contributed by atoms with Gasteiger partial charge in [0.25, 0.3) is 0 Å². The van der Waals surface area contributed by atoms with Crippen molar-refractivity contribution in [3.63, 3.8) is 0 Å². The normalized spacial score (nSPS) is 12.9. The van der Waals surface area contributed by atoms with Crippen LogP contribution in [-0.4, -0.2) is 22.0 Å². The third kappa shape index (κ3) is 2.47. The Morgan fingerprint density at radius 1 is 1.44 bits per heavy atom. The molecule has 2 rings (SSSR count). The van der Waals surface area contributed by atoms with Gasteiger partial charge in [0, 0.05) is 16.3 Å². The van der Waals surface area contributed by atoms with Crippen molar-refractivity contribution >= 4 is 11.3 Å². The van der Waals surface area contributed by atoms with E-state index in [0.29, 0.717) is 0 Å². The fraction of sp³-hybridized carbons (Fsp3) is 0.538. The van der Waals surface area contributed by atoms with Gasteiger partial charge in [0.05, 0.1) is 17.9 Å². The van der Waals surface area contributed by atoms with Crippen LogP contribution in [0.4, 0.5) is 0 Å². The maximum atomic E-state index is 4.16.